The first-order valence-electron chi connectivity index (χ1n) is 10.7. The number of aromatic nitrogens is 2. The van der Waals surface area contributed by atoms with Crippen LogP contribution >= 0.6 is 0 Å². The van der Waals surface area contributed by atoms with E-state index in [1.807, 2.05) is 18.2 Å². The molecule has 31 heavy (non-hydrogen) atoms. The predicted octanol–water partition coefficient (Wildman–Crippen LogP) is 0.401. The van der Waals surface area contributed by atoms with Crippen molar-refractivity contribution in [1.82, 2.24) is 9.97 Å². The number of aryl methyl sites for hydroxylation is 1. The summed E-state index contributed by atoms with van der Waals surface area (Å²) in [7, 11) is -1.13. The number of aliphatic hydroxyl groups is 1. The quantitative estimate of drug-likeness (QED) is 0.696. The maximum absolute atomic E-state index is 12.6. The van der Waals surface area contributed by atoms with E-state index in [0.29, 0.717) is 48.7 Å². The zero-order valence-electron chi connectivity index (χ0n) is 17.1. The number of anilines is 3. The first-order valence-corrected chi connectivity index (χ1v) is 12.0. The molecule has 1 aromatic carbocycles. The smallest absolute Gasteiger partial charge is 0.227 e. The zero-order valence-corrected chi connectivity index (χ0v) is 17.9. The third-order valence-electron chi connectivity index (χ3n) is 6.49. The lowest BCUT2D eigenvalue weighted by molar-refractivity contribution is -0.0653. The normalized spacial score (nSPS) is 25.7. The highest BCUT2D eigenvalue weighted by molar-refractivity contribution is 7.85. The van der Waals surface area contributed by atoms with Gasteiger partial charge in [0.15, 0.2) is 0 Å². The maximum atomic E-state index is 12.6. The summed E-state index contributed by atoms with van der Waals surface area (Å²) >= 11 is 0. The number of hydrogen-bond acceptors (Lipinski definition) is 9. The molecule has 4 aliphatic rings. The number of piperazine rings is 1. The lowest BCUT2D eigenvalue weighted by Crippen LogP contribution is -2.59. The molecule has 2 saturated heterocycles. The van der Waals surface area contributed by atoms with Crippen molar-refractivity contribution < 1.29 is 18.8 Å². The van der Waals surface area contributed by atoms with E-state index < -0.39 is 16.3 Å². The second-order valence-electron chi connectivity index (χ2n) is 8.58. The van der Waals surface area contributed by atoms with E-state index in [9.17, 15) is 9.32 Å². The fourth-order valence-corrected chi connectivity index (χ4v) is 6.02. The first kappa shape index (κ1) is 19.3. The van der Waals surface area contributed by atoms with Crippen molar-refractivity contribution in [3.8, 4) is 5.75 Å². The van der Waals surface area contributed by atoms with Gasteiger partial charge in [0.05, 0.1) is 48.0 Å². The number of ether oxygens (including phenoxy) is 2. The van der Waals surface area contributed by atoms with Gasteiger partial charge in [0.2, 0.25) is 5.95 Å². The minimum absolute atomic E-state index is 0.0642. The van der Waals surface area contributed by atoms with Gasteiger partial charge in [-0.05, 0) is 12.1 Å². The van der Waals surface area contributed by atoms with Crippen molar-refractivity contribution in [2.45, 2.75) is 22.9 Å². The minimum Gasteiger partial charge on any atom is -0.489 e. The monoisotopic (exact) mass is 443 g/mol. The molecule has 2 N–H and O–H groups in total. The molecular weight excluding hydrogens is 418 g/mol. The zero-order chi connectivity index (χ0) is 21.0. The predicted molar refractivity (Wildman–Crippen MR) is 117 cm³/mol. The van der Waals surface area contributed by atoms with Gasteiger partial charge in [-0.3, -0.25) is 4.21 Å². The number of fused-ring (bicyclic) bond motifs is 4. The van der Waals surface area contributed by atoms with Gasteiger partial charge in [-0.25, -0.2) is 4.98 Å². The van der Waals surface area contributed by atoms with Crippen molar-refractivity contribution in [1.29, 1.82) is 0 Å². The van der Waals surface area contributed by atoms with Gasteiger partial charge in [0, 0.05) is 31.8 Å². The molecule has 0 bridgehead atoms. The SMILES string of the molecule is O=[S@@]1CCc2nc(N3CCN4c5ccccc5OC[C@@H]4C3)nc(NC3(CO)COC3)c21. The Kier molecular flexibility index (Phi) is 4.55. The molecule has 4 aliphatic heterocycles. The molecule has 0 amide bonds. The van der Waals surface area contributed by atoms with Crippen molar-refractivity contribution in [3.63, 3.8) is 0 Å². The number of nitrogens with one attached hydrogen (secondary N) is 1. The molecule has 2 atom stereocenters. The van der Waals surface area contributed by atoms with Crippen LogP contribution in [0.4, 0.5) is 17.5 Å². The molecule has 164 valence electrons. The first-order chi connectivity index (χ1) is 15.2. The standard InChI is InChI=1S/C21H25N5O4S/c27-11-21(12-29-13-21)24-19-18-15(5-8-31(18)28)22-20(23-19)25-6-7-26-14(9-25)10-30-17-4-2-1-3-16(17)26/h1-4,14,27H,5-13H2,(H,22,23,24)/t14-,31+/m0/s1. The lowest BCUT2D eigenvalue weighted by atomic mass is 9.99. The Morgan fingerprint density at radius 2 is 2.13 bits per heavy atom. The second-order valence-corrected chi connectivity index (χ2v) is 10.1. The summed E-state index contributed by atoms with van der Waals surface area (Å²) in [4.78, 5) is 14.9. The minimum atomic E-state index is -1.13. The van der Waals surface area contributed by atoms with Crippen LogP contribution in [0.1, 0.15) is 5.69 Å². The fourth-order valence-electron chi connectivity index (χ4n) is 4.71. The Bertz CT molecular complexity index is 1040. The molecule has 2 aromatic rings. The van der Waals surface area contributed by atoms with Crippen molar-refractivity contribution >= 4 is 28.3 Å². The van der Waals surface area contributed by atoms with Crippen molar-refractivity contribution in [3.05, 3.63) is 30.0 Å². The molecular formula is C21H25N5O4S. The Balaban J connectivity index is 1.30. The van der Waals surface area contributed by atoms with Crippen LogP contribution in [0.5, 0.6) is 5.75 Å². The molecule has 0 unspecified atom stereocenters. The van der Waals surface area contributed by atoms with Gasteiger partial charge in [-0.1, -0.05) is 12.1 Å². The van der Waals surface area contributed by atoms with E-state index in [-0.39, 0.29) is 12.6 Å². The molecule has 0 spiro atoms. The van der Waals surface area contributed by atoms with Crippen LogP contribution in [0.25, 0.3) is 0 Å². The van der Waals surface area contributed by atoms with Crippen LogP contribution < -0.4 is 19.9 Å². The Hall–Kier alpha value is -2.43. The van der Waals surface area contributed by atoms with Gasteiger partial charge in [-0.15, -0.1) is 0 Å². The number of nitrogens with zero attached hydrogens (tertiary/aromatic N) is 4. The van der Waals surface area contributed by atoms with Crippen LogP contribution in [0.2, 0.25) is 0 Å². The van der Waals surface area contributed by atoms with Crippen LogP contribution in [0.15, 0.2) is 29.2 Å². The molecule has 9 nitrogen and oxygen atoms in total. The molecule has 0 saturated carbocycles. The molecule has 6 rings (SSSR count). The fraction of sp³-hybridized carbons (Fsp3) is 0.524. The number of hydrogen-bond donors (Lipinski definition) is 2. The van der Waals surface area contributed by atoms with E-state index in [4.69, 9.17) is 19.4 Å². The third kappa shape index (κ3) is 3.16. The van der Waals surface area contributed by atoms with E-state index in [1.54, 1.807) is 0 Å². The van der Waals surface area contributed by atoms with Gasteiger partial charge in [-0.2, -0.15) is 4.98 Å². The largest absolute Gasteiger partial charge is 0.489 e. The topological polar surface area (TPSA) is 100 Å². The molecule has 2 fully saturated rings. The van der Waals surface area contributed by atoms with Crippen LogP contribution in [0, 0.1) is 0 Å². The summed E-state index contributed by atoms with van der Waals surface area (Å²) in [5, 5.41) is 13.2. The van der Waals surface area contributed by atoms with E-state index in [2.05, 4.69) is 21.2 Å². The molecule has 10 heteroatoms. The number of aliphatic hydroxyl groups excluding tert-OH is 1. The lowest BCUT2D eigenvalue weighted by Gasteiger charge is -2.45. The molecule has 0 radical (unpaired) electrons. The molecule has 0 aliphatic carbocycles. The number of rotatable bonds is 4. The molecule has 5 heterocycles. The van der Waals surface area contributed by atoms with E-state index in [1.165, 1.54) is 0 Å². The second kappa shape index (κ2) is 7.32. The number of benzene rings is 1. The summed E-state index contributed by atoms with van der Waals surface area (Å²) < 4.78 is 23.9. The number of para-hydroxylation sites is 2. The van der Waals surface area contributed by atoms with Gasteiger partial charge in [0.1, 0.15) is 28.6 Å². The van der Waals surface area contributed by atoms with Crippen molar-refractivity contribution in [2.75, 3.05) is 66.9 Å². The van der Waals surface area contributed by atoms with Crippen molar-refractivity contribution in [2.24, 2.45) is 0 Å². The third-order valence-corrected chi connectivity index (χ3v) is 7.95. The average Bonchev–Trinajstić information content (AvgIpc) is 3.16. The summed E-state index contributed by atoms with van der Waals surface area (Å²) in [6, 6.07) is 8.38. The summed E-state index contributed by atoms with van der Waals surface area (Å²) in [6.45, 7) is 3.77. The highest BCUT2D eigenvalue weighted by Crippen LogP contribution is 2.37. The molecule has 1 aromatic heterocycles. The van der Waals surface area contributed by atoms with E-state index >= 15 is 0 Å². The van der Waals surface area contributed by atoms with Crippen LogP contribution in [-0.4, -0.2) is 82.7 Å². The summed E-state index contributed by atoms with van der Waals surface area (Å²) in [5.41, 5.74) is 1.42. The van der Waals surface area contributed by atoms with Crippen LogP contribution in [-0.2, 0) is 22.0 Å². The summed E-state index contributed by atoms with van der Waals surface area (Å²) in [6.07, 6.45) is 0.675. The maximum Gasteiger partial charge on any atom is 0.227 e. The van der Waals surface area contributed by atoms with E-state index in [0.717, 1.165) is 36.8 Å². The summed E-state index contributed by atoms with van der Waals surface area (Å²) in [5.74, 6) is 2.71. The van der Waals surface area contributed by atoms with Gasteiger partial charge in [0.25, 0.3) is 0 Å². The highest BCUT2D eigenvalue weighted by atomic mass is 32.2. The van der Waals surface area contributed by atoms with Gasteiger partial charge >= 0.3 is 0 Å². The van der Waals surface area contributed by atoms with Crippen LogP contribution in [0.3, 0.4) is 0 Å². The Morgan fingerprint density at radius 1 is 1.26 bits per heavy atom. The Labute approximate surface area is 182 Å². The Morgan fingerprint density at radius 3 is 2.94 bits per heavy atom. The van der Waals surface area contributed by atoms with Gasteiger partial charge < -0.3 is 29.7 Å². The highest BCUT2D eigenvalue weighted by Gasteiger charge is 2.41. The average molecular weight is 444 g/mol.